The van der Waals surface area contributed by atoms with Crippen molar-refractivity contribution in [3.8, 4) is 0 Å². The first-order valence-corrected chi connectivity index (χ1v) is 23.7. The van der Waals surface area contributed by atoms with Crippen LogP contribution in [0.5, 0.6) is 0 Å². The van der Waals surface area contributed by atoms with Gasteiger partial charge in [0.05, 0.1) is 32.0 Å². The van der Waals surface area contributed by atoms with Crippen LogP contribution in [-0.4, -0.2) is 93.9 Å². The van der Waals surface area contributed by atoms with Gasteiger partial charge in [-0.3, -0.25) is 23.4 Å². The molecule has 5 N–H and O–H groups in total. The van der Waals surface area contributed by atoms with Crippen LogP contribution in [0, 0.1) is 17.8 Å². The highest BCUT2D eigenvalue weighted by Crippen LogP contribution is 2.43. The zero-order valence-corrected chi connectivity index (χ0v) is 36.8. The standard InChI is InChI=1S/C44H79O13P/c1-4-5-18-24-36(46)28-29-40-39(41(48)30-42(40)49)25-20-16-17-21-26-43(50)54-33-38(34-56-58(52,53)55-32-37(47)31-45)57-44(51)27-22-15-13-11-9-7-6-8-10-12-14-19-23-35(2)3/h16,20,28-29,35-40,42,45-47,49H,4-15,17-19,21-27,30-34H2,1-3H3,(H,52,53)/b20-16-,29-28+/t36-,37-,38+,39+,40+,42+/m0/s1. The van der Waals surface area contributed by atoms with Crippen molar-refractivity contribution >= 4 is 25.5 Å². The number of Topliss-reactive ketones (excluding diaryl/α,β-unsaturated/α-hetero) is 1. The van der Waals surface area contributed by atoms with Gasteiger partial charge in [0.25, 0.3) is 0 Å². The fraction of sp³-hybridized carbons (Fsp3) is 0.841. The van der Waals surface area contributed by atoms with Crippen LogP contribution in [0.25, 0.3) is 0 Å². The largest absolute Gasteiger partial charge is 0.472 e. The number of ether oxygens (including phenoxy) is 2. The molecule has 1 rings (SSSR count). The molecule has 58 heavy (non-hydrogen) atoms. The van der Waals surface area contributed by atoms with Crippen molar-refractivity contribution in [1.29, 1.82) is 0 Å². The molecule has 14 heteroatoms. The van der Waals surface area contributed by atoms with E-state index in [2.05, 4.69) is 25.3 Å². The van der Waals surface area contributed by atoms with E-state index < -0.39 is 70.6 Å². The number of carbonyl (C=O) groups excluding carboxylic acids is 3. The summed E-state index contributed by atoms with van der Waals surface area (Å²) in [4.78, 5) is 47.7. The molecule has 0 saturated heterocycles. The minimum atomic E-state index is -4.68. The Kier molecular flexibility index (Phi) is 31.4. The summed E-state index contributed by atoms with van der Waals surface area (Å²) in [5.41, 5.74) is 0. The molecule has 0 spiro atoms. The molecular weight excluding hydrogens is 767 g/mol. The Morgan fingerprint density at radius 3 is 2.00 bits per heavy atom. The van der Waals surface area contributed by atoms with E-state index in [1.165, 1.54) is 57.8 Å². The average Bonchev–Trinajstić information content (AvgIpc) is 3.45. The van der Waals surface area contributed by atoms with E-state index in [0.29, 0.717) is 32.1 Å². The number of hydrogen-bond acceptors (Lipinski definition) is 12. The number of phosphoric acid groups is 1. The van der Waals surface area contributed by atoms with Gasteiger partial charge in [-0.2, -0.15) is 0 Å². The Morgan fingerprint density at radius 2 is 1.38 bits per heavy atom. The molecule has 1 saturated carbocycles. The molecule has 13 nitrogen and oxygen atoms in total. The van der Waals surface area contributed by atoms with E-state index in [4.69, 9.17) is 19.1 Å². The van der Waals surface area contributed by atoms with Crippen molar-refractivity contribution < 1.29 is 62.8 Å². The van der Waals surface area contributed by atoms with E-state index in [1.54, 1.807) is 12.2 Å². The Hall–Kier alpha value is -1.96. The molecule has 0 radical (unpaired) electrons. The third kappa shape index (κ3) is 28.5. The molecule has 0 aromatic heterocycles. The van der Waals surface area contributed by atoms with Crippen molar-refractivity contribution in [3.63, 3.8) is 0 Å². The van der Waals surface area contributed by atoms with Crippen molar-refractivity contribution in [1.82, 2.24) is 0 Å². The number of unbranched alkanes of at least 4 members (excludes halogenated alkanes) is 14. The number of carbonyl (C=O) groups is 3. The summed E-state index contributed by atoms with van der Waals surface area (Å²) in [5.74, 6) is -1.09. The summed E-state index contributed by atoms with van der Waals surface area (Å²) in [7, 11) is -4.68. The van der Waals surface area contributed by atoms with E-state index in [-0.39, 0.29) is 36.9 Å². The normalized spacial score (nSPS) is 19.9. The van der Waals surface area contributed by atoms with Crippen LogP contribution in [0.2, 0.25) is 0 Å². The van der Waals surface area contributed by atoms with Crippen LogP contribution in [0.4, 0.5) is 0 Å². The number of aliphatic hydroxyl groups is 4. The van der Waals surface area contributed by atoms with Gasteiger partial charge in [0, 0.05) is 31.1 Å². The molecule has 1 fully saturated rings. The molecule has 338 valence electrons. The molecule has 0 amide bonds. The fourth-order valence-corrected chi connectivity index (χ4v) is 7.65. The van der Waals surface area contributed by atoms with Gasteiger partial charge in [0.15, 0.2) is 6.10 Å². The molecule has 0 aliphatic heterocycles. The Labute approximate surface area is 349 Å². The zero-order valence-electron chi connectivity index (χ0n) is 35.9. The third-order valence-electron chi connectivity index (χ3n) is 10.4. The second-order valence-corrected chi connectivity index (χ2v) is 17.8. The predicted molar refractivity (Wildman–Crippen MR) is 225 cm³/mol. The second kappa shape index (κ2) is 33.7. The Balaban J connectivity index is 2.46. The highest BCUT2D eigenvalue weighted by molar-refractivity contribution is 7.47. The first-order chi connectivity index (χ1) is 27.8. The van der Waals surface area contributed by atoms with Gasteiger partial charge in [-0.1, -0.05) is 141 Å². The number of rotatable bonds is 37. The number of hydrogen-bond donors (Lipinski definition) is 5. The number of aliphatic hydroxyl groups excluding tert-OH is 4. The first-order valence-electron chi connectivity index (χ1n) is 22.3. The van der Waals surface area contributed by atoms with Crippen molar-refractivity contribution in [3.05, 3.63) is 24.3 Å². The van der Waals surface area contributed by atoms with Crippen LogP contribution in [0.3, 0.4) is 0 Å². The van der Waals surface area contributed by atoms with Crippen molar-refractivity contribution in [2.75, 3.05) is 26.4 Å². The SMILES string of the molecule is CCCCC[C@H](O)/C=C/[C@H]1[C@H](O)CC(=O)[C@@H]1C/C=C\CCCC(=O)OC[C@H](COP(=O)(O)OC[C@@H](O)CO)OC(=O)CCCCCCCCCCCCCCC(C)C. The van der Waals surface area contributed by atoms with E-state index in [9.17, 15) is 39.2 Å². The quantitative estimate of drug-likeness (QED) is 0.0173. The highest BCUT2D eigenvalue weighted by Gasteiger charge is 2.39. The Bertz CT molecular complexity index is 1190. The van der Waals surface area contributed by atoms with Crippen LogP contribution in [0.1, 0.15) is 168 Å². The monoisotopic (exact) mass is 847 g/mol. The van der Waals surface area contributed by atoms with Gasteiger partial charge in [-0.25, -0.2) is 4.57 Å². The molecule has 1 aliphatic rings. The maximum atomic E-state index is 12.7. The minimum Gasteiger partial charge on any atom is -0.462 e. The van der Waals surface area contributed by atoms with Gasteiger partial charge >= 0.3 is 19.8 Å². The minimum absolute atomic E-state index is 0.0173. The van der Waals surface area contributed by atoms with E-state index >= 15 is 0 Å². The van der Waals surface area contributed by atoms with Gasteiger partial charge in [0.2, 0.25) is 0 Å². The molecule has 0 heterocycles. The lowest BCUT2D eigenvalue weighted by Gasteiger charge is -2.20. The molecule has 1 unspecified atom stereocenters. The van der Waals surface area contributed by atoms with Crippen LogP contribution >= 0.6 is 7.82 Å². The maximum absolute atomic E-state index is 12.7. The van der Waals surface area contributed by atoms with Crippen LogP contribution < -0.4 is 0 Å². The summed E-state index contributed by atoms with van der Waals surface area (Å²) >= 11 is 0. The summed E-state index contributed by atoms with van der Waals surface area (Å²) in [6.07, 6.45) is 23.7. The number of allylic oxidation sites excluding steroid dienone is 2. The molecule has 0 aromatic rings. The molecule has 1 aliphatic carbocycles. The van der Waals surface area contributed by atoms with Crippen LogP contribution in [-0.2, 0) is 37.5 Å². The van der Waals surface area contributed by atoms with Crippen LogP contribution in [0.15, 0.2) is 24.3 Å². The summed E-state index contributed by atoms with van der Waals surface area (Å²) in [6, 6.07) is 0. The topological polar surface area (TPSA) is 206 Å². The predicted octanol–water partition coefficient (Wildman–Crippen LogP) is 8.23. The lowest BCUT2D eigenvalue weighted by atomic mass is 9.90. The summed E-state index contributed by atoms with van der Waals surface area (Å²) < 4.78 is 32.7. The first kappa shape index (κ1) is 54.1. The summed E-state index contributed by atoms with van der Waals surface area (Å²) in [6.45, 7) is 4.29. The molecule has 0 aromatic carbocycles. The second-order valence-electron chi connectivity index (χ2n) is 16.3. The molecule has 7 atom stereocenters. The third-order valence-corrected chi connectivity index (χ3v) is 11.4. The van der Waals surface area contributed by atoms with E-state index in [1.807, 2.05) is 12.2 Å². The Morgan fingerprint density at radius 1 is 0.793 bits per heavy atom. The smallest absolute Gasteiger partial charge is 0.462 e. The maximum Gasteiger partial charge on any atom is 0.472 e. The highest BCUT2D eigenvalue weighted by atomic mass is 31.2. The molecule has 0 bridgehead atoms. The molecular formula is C44H79O13P. The van der Waals surface area contributed by atoms with Gasteiger partial charge in [0.1, 0.15) is 18.5 Å². The zero-order chi connectivity index (χ0) is 43.0. The average molecular weight is 847 g/mol. The van der Waals surface area contributed by atoms with Crippen molar-refractivity contribution in [2.24, 2.45) is 17.8 Å². The van der Waals surface area contributed by atoms with Gasteiger partial charge in [-0.05, 0) is 38.0 Å². The number of phosphoric ester groups is 1. The summed E-state index contributed by atoms with van der Waals surface area (Å²) in [5, 5.41) is 39.0. The number of esters is 2. The fourth-order valence-electron chi connectivity index (χ4n) is 6.86. The van der Waals surface area contributed by atoms with Gasteiger partial charge < -0.3 is 34.8 Å². The number of ketones is 1. The van der Waals surface area contributed by atoms with E-state index in [0.717, 1.165) is 44.4 Å². The lowest BCUT2D eigenvalue weighted by Crippen LogP contribution is -2.29. The van der Waals surface area contributed by atoms with Gasteiger partial charge in [-0.15, -0.1) is 0 Å². The van der Waals surface area contributed by atoms with Crippen molar-refractivity contribution in [2.45, 2.75) is 193 Å². The lowest BCUT2D eigenvalue weighted by molar-refractivity contribution is -0.161.